The van der Waals surface area contributed by atoms with Crippen molar-refractivity contribution in [3.63, 3.8) is 0 Å². The van der Waals surface area contributed by atoms with Gasteiger partial charge in [-0.15, -0.1) is 0 Å². The average Bonchev–Trinajstić information content (AvgIpc) is 2.62. The number of hydrogen-bond acceptors (Lipinski definition) is 11. The van der Waals surface area contributed by atoms with Gasteiger partial charge in [0.05, 0.1) is 0 Å². The van der Waals surface area contributed by atoms with E-state index in [9.17, 15) is 24.0 Å². The molecule has 0 saturated carbocycles. The van der Waals surface area contributed by atoms with Crippen LogP contribution in [-0.4, -0.2) is 67.2 Å². The topological polar surface area (TPSA) is 141 Å². The lowest BCUT2D eigenvalue weighted by Gasteiger charge is -2.43. The highest BCUT2D eigenvalue weighted by Gasteiger charge is 2.53. The monoisotopic (exact) mass is 432 g/mol. The molecule has 1 rings (SSSR count). The van der Waals surface area contributed by atoms with Crippen molar-refractivity contribution in [2.45, 2.75) is 84.6 Å². The van der Waals surface area contributed by atoms with E-state index >= 15 is 0 Å². The summed E-state index contributed by atoms with van der Waals surface area (Å²) in [5.74, 6) is -3.54. The molecule has 30 heavy (non-hydrogen) atoms. The summed E-state index contributed by atoms with van der Waals surface area (Å²) in [7, 11) is 0. The summed E-state index contributed by atoms with van der Waals surface area (Å²) in [5.41, 5.74) is 0. The van der Waals surface area contributed by atoms with E-state index in [-0.39, 0.29) is 13.0 Å². The summed E-state index contributed by atoms with van der Waals surface area (Å²) in [6, 6.07) is 0. The Balaban J connectivity index is 3.27. The molecule has 1 aliphatic heterocycles. The Hall–Kier alpha value is -2.69. The molecule has 0 aromatic rings. The number of hydrogen-bond donors (Lipinski definition) is 0. The third-order valence-corrected chi connectivity index (χ3v) is 3.93. The van der Waals surface area contributed by atoms with E-state index < -0.39 is 60.6 Å². The minimum atomic E-state index is -1.48. The van der Waals surface area contributed by atoms with Gasteiger partial charge in [0.2, 0.25) is 12.4 Å². The maximum atomic E-state index is 12.1. The molecular weight excluding hydrogens is 404 g/mol. The highest BCUT2D eigenvalue weighted by molar-refractivity contribution is 5.70. The zero-order valence-electron chi connectivity index (χ0n) is 17.7. The number of esters is 5. The smallest absolute Gasteiger partial charge is 0.308 e. The van der Waals surface area contributed by atoms with Crippen molar-refractivity contribution >= 4 is 29.8 Å². The van der Waals surface area contributed by atoms with Crippen LogP contribution in [0.15, 0.2) is 0 Å². The maximum absolute atomic E-state index is 12.1. The van der Waals surface area contributed by atoms with Crippen molar-refractivity contribution in [1.29, 1.82) is 0 Å². The van der Waals surface area contributed by atoms with Gasteiger partial charge in [0, 0.05) is 34.1 Å². The Labute approximate surface area is 174 Å². The molecule has 1 fully saturated rings. The van der Waals surface area contributed by atoms with Gasteiger partial charge >= 0.3 is 29.8 Å². The van der Waals surface area contributed by atoms with Crippen molar-refractivity contribution < 1.29 is 52.4 Å². The first kappa shape index (κ1) is 25.3. The Morgan fingerprint density at radius 2 is 1.27 bits per heavy atom. The fourth-order valence-corrected chi connectivity index (χ4v) is 2.79. The quantitative estimate of drug-likeness (QED) is 0.377. The molecule has 0 N–H and O–H groups in total. The first-order valence-electron chi connectivity index (χ1n) is 9.55. The molecule has 0 aliphatic carbocycles. The molecule has 0 spiro atoms. The van der Waals surface area contributed by atoms with E-state index in [1.54, 1.807) is 0 Å². The Morgan fingerprint density at radius 1 is 0.733 bits per heavy atom. The Morgan fingerprint density at radius 3 is 1.77 bits per heavy atom. The van der Waals surface area contributed by atoms with Gasteiger partial charge in [-0.25, -0.2) is 0 Å². The van der Waals surface area contributed by atoms with Gasteiger partial charge in [-0.05, 0) is 6.42 Å². The summed E-state index contributed by atoms with van der Waals surface area (Å²) >= 11 is 0. The molecule has 0 radical (unpaired) electrons. The van der Waals surface area contributed by atoms with E-state index in [1.165, 1.54) is 0 Å². The molecule has 5 atom stereocenters. The van der Waals surface area contributed by atoms with Crippen LogP contribution in [-0.2, 0) is 52.4 Å². The zero-order chi connectivity index (χ0) is 22.8. The summed E-state index contributed by atoms with van der Waals surface area (Å²) < 4.78 is 31.5. The number of carbonyl (C=O) groups is 5. The number of carbonyl (C=O) groups excluding carboxylic acids is 5. The molecule has 1 saturated heterocycles. The largest absolute Gasteiger partial charge is 0.463 e. The fourth-order valence-electron chi connectivity index (χ4n) is 2.79. The predicted octanol–water partition coefficient (Wildman–Crippen LogP) is 0.803. The van der Waals surface area contributed by atoms with Crippen molar-refractivity contribution in [2.24, 2.45) is 0 Å². The first-order valence-corrected chi connectivity index (χ1v) is 9.55. The summed E-state index contributed by atoms with van der Waals surface area (Å²) in [5, 5.41) is 0. The predicted molar refractivity (Wildman–Crippen MR) is 97.6 cm³/mol. The van der Waals surface area contributed by atoms with Gasteiger partial charge in [0.25, 0.3) is 0 Å². The van der Waals surface area contributed by atoms with E-state index in [0.717, 1.165) is 34.1 Å². The van der Waals surface area contributed by atoms with Gasteiger partial charge in [-0.3, -0.25) is 24.0 Å². The summed E-state index contributed by atoms with van der Waals surface area (Å²) in [6.07, 6.45) is -5.31. The van der Waals surface area contributed by atoms with Crippen molar-refractivity contribution in [3.05, 3.63) is 0 Å². The van der Waals surface area contributed by atoms with Crippen LogP contribution in [0.5, 0.6) is 0 Å². The van der Waals surface area contributed by atoms with E-state index in [1.807, 2.05) is 6.92 Å². The molecule has 11 nitrogen and oxygen atoms in total. The summed E-state index contributed by atoms with van der Waals surface area (Å²) in [4.78, 5) is 58.3. The molecule has 0 unspecified atom stereocenters. The minimum absolute atomic E-state index is 0.0867. The van der Waals surface area contributed by atoms with E-state index in [0.29, 0.717) is 6.42 Å². The first-order chi connectivity index (χ1) is 14.0. The Kier molecular flexibility index (Phi) is 10.2. The number of unbranched alkanes of at least 4 members (excludes halogenated alkanes) is 1. The molecular formula is C19H28O11. The van der Waals surface area contributed by atoms with Gasteiger partial charge in [0.15, 0.2) is 12.2 Å². The number of ether oxygens (including phenoxy) is 6. The molecule has 1 aliphatic rings. The highest BCUT2D eigenvalue weighted by atomic mass is 16.7. The minimum Gasteiger partial charge on any atom is -0.463 e. The fraction of sp³-hybridized carbons (Fsp3) is 0.737. The third kappa shape index (κ3) is 8.36. The molecule has 0 amide bonds. The normalized spacial score (nSPS) is 25.6. The van der Waals surface area contributed by atoms with E-state index in [2.05, 4.69) is 0 Å². The van der Waals surface area contributed by atoms with Crippen LogP contribution < -0.4 is 0 Å². The molecule has 0 bridgehead atoms. The molecule has 0 aromatic carbocycles. The van der Waals surface area contributed by atoms with Gasteiger partial charge < -0.3 is 28.4 Å². The van der Waals surface area contributed by atoms with Crippen molar-refractivity contribution in [2.75, 3.05) is 6.61 Å². The van der Waals surface area contributed by atoms with Crippen LogP contribution in [0.1, 0.15) is 53.9 Å². The number of rotatable bonds is 9. The second-order valence-corrected chi connectivity index (χ2v) is 6.66. The van der Waals surface area contributed by atoms with Crippen LogP contribution in [0.4, 0.5) is 0 Å². The van der Waals surface area contributed by atoms with Crippen LogP contribution in [0, 0.1) is 0 Å². The van der Waals surface area contributed by atoms with E-state index in [4.69, 9.17) is 28.4 Å². The lowest BCUT2D eigenvalue weighted by atomic mass is 9.98. The summed E-state index contributed by atoms with van der Waals surface area (Å²) in [6.45, 7) is 5.99. The highest BCUT2D eigenvalue weighted by Crippen LogP contribution is 2.30. The second-order valence-electron chi connectivity index (χ2n) is 6.66. The average molecular weight is 432 g/mol. The van der Waals surface area contributed by atoms with Gasteiger partial charge in [0.1, 0.15) is 12.7 Å². The van der Waals surface area contributed by atoms with Gasteiger partial charge in [-0.2, -0.15) is 0 Å². The third-order valence-electron chi connectivity index (χ3n) is 3.93. The lowest BCUT2D eigenvalue weighted by molar-refractivity contribution is -0.300. The van der Waals surface area contributed by atoms with Crippen molar-refractivity contribution in [3.8, 4) is 0 Å². The standard InChI is InChI=1S/C19H28O11/c1-6-7-8-15(24)30-19-18(28-13(5)23)17(27-12(4)22)16(26-11(3)21)14(29-19)9-25-10(2)20/h14,16-19H,6-9H2,1-5H3/t14-,16-,17+,18-,19+/m1/s1. The second kappa shape index (κ2) is 12.1. The van der Waals surface area contributed by atoms with Crippen molar-refractivity contribution in [1.82, 2.24) is 0 Å². The molecule has 11 heteroatoms. The Bertz CT molecular complexity index is 644. The van der Waals surface area contributed by atoms with Crippen LogP contribution >= 0.6 is 0 Å². The lowest BCUT2D eigenvalue weighted by Crippen LogP contribution is -2.63. The molecule has 0 aromatic heterocycles. The molecule has 170 valence electrons. The SMILES string of the molecule is CCCCC(=O)O[C@@H]1O[C@H](COC(C)=O)[C@@H](OC(C)=O)[C@H](OC(C)=O)[C@H]1OC(C)=O. The maximum Gasteiger partial charge on any atom is 0.308 e. The van der Waals surface area contributed by atoms with Crippen LogP contribution in [0.2, 0.25) is 0 Å². The zero-order valence-corrected chi connectivity index (χ0v) is 17.7. The van der Waals surface area contributed by atoms with Gasteiger partial charge in [-0.1, -0.05) is 13.3 Å². The molecule has 1 heterocycles. The van der Waals surface area contributed by atoms with Crippen LogP contribution in [0.25, 0.3) is 0 Å². The van der Waals surface area contributed by atoms with Crippen LogP contribution in [0.3, 0.4) is 0 Å².